The number of carbonyl (C=O) groups is 1. The van der Waals surface area contributed by atoms with Gasteiger partial charge >= 0.3 is 5.97 Å². The number of carboxylic acid groups (broad SMARTS) is 1. The molecule has 0 spiro atoms. The SMILES string of the molecule is CN(CCC(=O)O)S(=O)(=O)NCc1ncn(C)n1. The second kappa shape index (κ2) is 5.89. The van der Waals surface area contributed by atoms with Gasteiger partial charge in [0.05, 0.1) is 13.0 Å². The number of aliphatic carboxylic acids is 1. The topological polar surface area (TPSA) is 117 Å². The Bertz CT molecular complexity index is 511. The van der Waals surface area contributed by atoms with Gasteiger partial charge in [-0.15, -0.1) is 0 Å². The third-order valence-corrected chi connectivity index (χ3v) is 3.62. The number of nitrogens with zero attached hydrogens (tertiary/aromatic N) is 4. The molecule has 0 aliphatic heterocycles. The highest BCUT2D eigenvalue weighted by Crippen LogP contribution is 1.97. The van der Waals surface area contributed by atoms with Gasteiger partial charge in [-0.25, -0.2) is 4.98 Å². The summed E-state index contributed by atoms with van der Waals surface area (Å²) >= 11 is 0. The van der Waals surface area contributed by atoms with Crippen LogP contribution in [0.2, 0.25) is 0 Å². The molecule has 18 heavy (non-hydrogen) atoms. The van der Waals surface area contributed by atoms with Gasteiger partial charge in [-0.05, 0) is 0 Å². The van der Waals surface area contributed by atoms with E-state index in [9.17, 15) is 13.2 Å². The zero-order valence-electron chi connectivity index (χ0n) is 10.1. The van der Waals surface area contributed by atoms with E-state index in [-0.39, 0.29) is 19.5 Å². The lowest BCUT2D eigenvalue weighted by atomic mass is 10.4. The van der Waals surface area contributed by atoms with Crippen LogP contribution < -0.4 is 4.72 Å². The summed E-state index contributed by atoms with van der Waals surface area (Å²) in [4.78, 5) is 14.2. The van der Waals surface area contributed by atoms with Crippen LogP contribution in [0.5, 0.6) is 0 Å². The smallest absolute Gasteiger partial charge is 0.304 e. The van der Waals surface area contributed by atoms with Crippen molar-refractivity contribution in [3.63, 3.8) is 0 Å². The van der Waals surface area contributed by atoms with Crippen LogP contribution in [0.3, 0.4) is 0 Å². The molecule has 0 bridgehead atoms. The number of nitrogens with one attached hydrogen (secondary N) is 1. The largest absolute Gasteiger partial charge is 0.481 e. The van der Waals surface area contributed by atoms with Crippen LogP contribution in [0.15, 0.2) is 6.33 Å². The zero-order valence-corrected chi connectivity index (χ0v) is 10.9. The fourth-order valence-corrected chi connectivity index (χ4v) is 1.97. The summed E-state index contributed by atoms with van der Waals surface area (Å²) in [6.07, 6.45) is 1.21. The predicted molar refractivity (Wildman–Crippen MR) is 61.6 cm³/mol. The van der Waals surface area contributed by atoms with Crippen molar-refractivity contribution in [3.05, 3.63) is 12.2 Å². The van der Waals surface area contributed by atoms with Gasteiger partial charge in [-0.1, -0.05) is 0 Å². The van der Waals surface area contributed by atoms with Crippen LogP contribution in [0.1, 0.15) is 12.2 Å². The van der Waals surface area contributed by atoms with Crippen LogP contribution in [0, 0.1) is 0 Å². The Morgan fingerprint density at radius 3 is 2.78 bits per heavy atom. The monoisotopic (exact) mass is 277 g/mol. The molecule has 0 atom stereocenters. The maximum absolute atomic E-state index is 11.7. The van der Waals surface area contributed by atoms with Gasteiger partial charge in [0.2, 0.25) is 0 Å². The predicted octanol–water partition coefficient (Wildman–Crippen LogP) is -1.44. The van der Waals surface area contributed by atoms with Crippen LogP contribution in [-0.2, 0) is 28.6 Å². The highest BCUT2D eigenvalue weighted by molar-refractivity contribution is 7.87. The Balaban J connectivity index is 2.51. The molecule has 0 saturated heterocycles. The molecule has 0 amide bonds. The lowest BCUT2D eigenvalue weighted by Gasteiger charge is -2.15. The van der Waals surface area contributed by atoms with E-state index in [1.165, 1.54) is 18.1 Å². The van der Waals surface area contributed by atoms with Crippen LogP contribution in [0.4, 0.5) is 0 Å². The third-order valence-electron chi connectivity index (χ3n) is 2.11. The second-order valence-electron chi connectivity index (χ2n) is 3.63. The van der Waals surface area contributed by atoms with Crippen molar-refractivity contribution in [2.45, 2.75) is 13.0 Å². The normalized spacial score (nSPS) is 11.9. The maximum atomic E-state index is 11.7. The molecular weight excluding hydrogens is 262 g/mol. The van der Waals surface area contributed by atoms with E-state index < -0.39 is 16.2 Å². The Morgan fingerprint density at radius 2 is 2.28 bits per heavy atom. The minimum atomic E-state index is -3.71. The number of hydrogen-bond acceptors (Lipinski definition) is 5. The Morgan fingerprint density at radius 1 is 1.61 bits per heavy atom. The average Bonchev–Trinajstić information content (AvgIpc) is 2.69. The van der Waals surface area contributed by atoms with Crippen molar-refractivity contribution in [2.24, 2.45) is 7.05 Å². The van der Waals surface area contributed by atoms with Crippen LogP contribution >= 0.6 is 0 Å². The first kappa shape index (κ1) is 14.5. The number of rotatable bonds is 7. The molecule has 0 aliphatic carbocycles. The summed E-state index contributed by atoms with van der Waals surface area (Å²) in [6, 6.07) is 0. The fourth-order valence-electron chi connectivity index (χ4n) is 1.10. The standard InChI is InChI=1S/C8H15N5O4S/c1-12-6-9-7(11-12)5-10-18(16,17)13(2)4-3-8(14)15/h6,10H,3-5H2,1-2H3,(H,14,15). The molecule has 2 N–H and O–H groups in total. The average molecular weight is 277 g/mol. The summed E-state index contributed by atoms with van der Waals surface area (Å²) in [5, 5.41) is 12.4. The third kappa shape index (κ3) is 4.39. The van der Waals surface area contributed by atoms with E-state index >= 15 is 0 Å². The lowest BCUT2D eigenvalue weighted by molar-refractivity contribution is -0.137. The summed E-state index contributed by atoms with van der Waals surface area (Å²) in [5.41, 5.74) is 0. The molecule has 1 aromatic heterocycles. The number of aryl methyl sites for hydroxylation is 1. The van der Waals surface area contributed by atoms with Crippen LogP contribution in [0.25, 0.3) is 0 Å². The number of hydrogen-bond donors (Lipinski definition) is 2. The molecule has 10 heteroatoms. The molecule has 1 heterocycles. The lowest BCUT2D eigenvalue weighted by Crippen LogP contribution is -2.39. The van der Waals surface area contributed by atoms with Gasteiger partial charge in [0, 0.05) is 20.6 Å². The molecule has 1 aromatic rings. The molecule has 0 unspecified atom stereocenters. The van der Waals surface area contributed by atoms with Crippen molar-refractivity contribution in [1.29, 1.82) is 0 Å². The molecule has 9 nitrogen and oxygen atoms in total. The van der Waals surface area contributed by atoms with Gasteiger partial charge in [-0.3, -0.25) is 9.48 Å². The molecule has 1 rings (SSSR count). The van der Waals surface area contributed by atoms with Gasteiger partial charge < -0.3 is 5.11 Å². The van der Waals surface area contributed by atoms with Gasteiger partial charge in [0.15, 0.2) is 5.82 Å². The Hall–Kier alpha value is -1.52. The first-order valence-electron chi connectivity index (χ1n) is 5.08. The highest BCUT2D eigenvalue weighted by Gasteiger charge is 2.18. The van der Waals surface area contributed by atoms with Crippen molar-refractivity contribution in [1.82, 2.24) is 23.8 Å². The van der Waals surface area contributed by atoms with Gasteiger partial charge in [0.25, 0.3) is 10.2 Å². The van der Waals surface area contributed by atoms with Crippen molar-refractivity contribution in [2.75, 3.05) is 13.6 Å². The van der Waals surface area contributed by atoms with Crippen molar-refractivity contribution < 1.29 is 18.3 Å². The van der Waals surface area contributed by atoms with Crippen molar-refractivity contribution in [3.8, 4) is 0 Å². The number of carboxylic acids is 1. The van der Waals surface area contributed by atoms with Gasteiger partial charge in [-0.2, -0.15) is 22.5 Å². The second-order valence-corrected chi connectivity index (χ2v) is 5.49. The fraction of sp³-hybridized carbons (Fsp3) is 0.625. The van der Waals surface area contributed by atoms with E-state index in [0.717, 1.165) is 4.31 Å². The molecular formula is C8H15N5O4S. The Labute approximate surface area is 105 Å². The summed E-state index contributed by atoms with van der Waals surface area (Å²) in [6.45, 7) is -0.138. The van der Waals surface area contributed by atoms with Crippen LogP contribution in [-0.4, -0.2) is 52.2 Å². The zero-order chi connectivity index (χ0) is 13.8. The van der Waals surface area contributed by atoms with E-state index in [1.807, 2.05) is 0 Å². The maximum Gasteiger partial charge on any atom is 0.304 e. The minimum absolute atomic E-state index is 0.0411. The van der Waals surface area contributed by atoms with E-state index in [2.05, 4.69) is 14.8 Å². The van der Waals surface area contributed by atoms with E-state index in [4.69, 9.17) is 5.11 Å². The molecule has 0 aromatic carbocycles. The first-order valence-corrected chi connectivity index (χ1v) is 6.52. The highest BCUT2D eigenvalue weighted by atomic mass is 32.2. The molecule has 0 fully saturated rings. The molecule has 0 saturated carbocycles. The minimum Gasteiger partial charge on any atom is -0.481 e. The Kier molecular flexibility index (Phi) is 4.76. The summed E-state index contributed by atoms with van der Waals surface area (Å²) in [5.74, 6) is -0.712. The molecule has 102 valence electrons. The van der Waals surface area contributed by atoms with E-state index in [0.29, 0.717) is 5.82 Å². The quantitative estimate of drug-likeness (QED) is 0.630. The number of aromatic nitrogens is 3. The summed E-state index contributed by atoms with van der Waals surface area (Å²) < 4.78 is 28.0. The first-order chi connectivity index (χ1) is 8.31. The molecule has 0 aliphatic rings. The summed E-state index contributed by atoms with van der Waals surface area (Å²) in [7, 11) is -0.741. The van der Waals surface area contributed by atoms with Crippen molar-refractivity contribution >= 4 is 16.2 Å². The molecule has 0 radical (unpaired) electrons. The van der Waals surface area contributed by atoms with Gasteiger partial charge in [0.1, 0.15) is 6.33 Å². The van der Waals surface area contributed by atoms with E-state index in [1.54, 1.807) is 7.05 Å².